The van der Waals surface area contributed by atoms with Gasteiger partial charge in [0.15, 0.2) is 34.9 Å². The normalized spacial score (nSPS) is 21.6. The van der Waals surface area contributed by atoms with Crippen LogP contribution in [0.2, 0.25) is 5.02 Å². The third kappa shape index (κ3) is 10.3. The molecule has 3 aliphatic carbocycles. The molecule has 286 valence electrons. The molecule has 52 heavy (non-hydrogen) atoms. The standard InChI is InChI=1S/C15H13Cl2F3O2.C11H7ClF4O2.C8H10Cl2O2/c1-15(2)8(5-11(16)17)12(15)14(21)22-6-7-9(18)3-4-10(19)13(7)20;12-6-7(13)5(8(14)10(16)9(6)15)3-18-11(17)4-1-2-4;1-8(2)4(3-5(9)10)6(8)7(11)12/h3-5,8,12H,6H2,1-2H3;4H,1-3H2;3-4,6H,1-2H3,(H,11,12). The zero-order valence-corrected chi connectivity index (χ0v) is 31.3. The maximum Gasteiger partial charge on any atom is 0.310 e. The second-order valence-corrected chi connectivity index (χ2v) is 15.7. The number of carbonyl (C=O) groups excluding carboxylic acids is 2. The second-order valence-electron chi connectivity index (χ2n) is 13.3. The molecule has 0 radical (unpaired) electrons. The second kappa shape index (κ2) is 17.2. The maximum absolute atomic E-state index is 13.5. The van der Waals surface area contributed by atoms with Crippen LogP contribution >= 0.6 is 58.0 Å². The Morgan fingerprint density at radius 2 is 1.15 bits per heavy atom. The van der Waals surface area contributed by atoms with Crippen molar-refractivity contribution in [1.82, 2.24) is 0 Å². The van der Waals surface area contributed by atoms with Crippen molar-refractivity contribution in [3.05, 3.63) is 90.1 Å². The number of ether oxygens (including phenoxy) is 2. The molecule has 0 saturated heterocycles. The Bertz CT molecular complexity index is 1760. The molecule has 5 rings (SSSR count). The fourth-order valence-electron chi connectivity index (χ4n) is 5.46. The first-order valence-corrected chi connectivity index (χ1v) is 17.1. The predicted molar refractivity (Wildman–Crippen MR) is 179 cm³/mol. The van der Waals surface area contributed by atoms with Crippen LogP contribution in [0.15, 0.2) is 33.3 Å². The maximum atomic E-state index is 13.5. The monoisotopic (exact) mass is 842 g/mol. The molecule has 0 aromatic heterocycles. The average Bonchev–Trinajstić information content (AvgIpc) is 4.00. The lowest BCUT2D eigenvalue weighted by atomic mass is 10.1. The van der Waals surface area contributed by atoms with Gasteiger partial charge in [-0.3, -0.25) is 14.4 Å². The van der Waals surface area contributed by atoms with E-state index in [9.17, 15) is 45.1 Å². The number of hydrogen-bond donors (Lipinski definition) is 1. The fourth-order valence-corrected chi connectivity index (χ4v) is 6.20. The highest BCUT2D eigenvalue weighted by Crippen LogP contribution is 2.60. The van der Waals surface area contributed by atoms with Crippen LogP contribution in [0.1, 0.15) is 51.7 Å². The number of hydrogen-bond acceptors (Lipinski definition) is 5. The number of aliphatic carboxylic acids is 1. The number of halogens is 12. The van der Waals surface area contributed by atoms with Crippen LogP contribution in [0, 0.1) is 81.1 Å². The van der Waals surface area contributed by atoms with E-state index in [1.165, 1.54) is 6.08 Å². The summed E-state index contributed by atoms with van der Waals surface area (Å²) in [7, 11) is 0. The first-order chi connectivity index (χ1) is 24.0. The van der Waals surface area contributed by atoms with E-state index in [0.717, 1.165) is 6.07 Å². The summed E-state index contributed by atoms with van der Waals surface area (Å²) in [6.45, 7) is 5.93. The van der Waals surface area contributed by atoms with Crippen molar-refractivity contribution < 1.29 is 59.7 Å². The lowest BCUT2D eigenvalue weighted by molar-refractivity contribution is -0.148. The minimum atomic E-state index is -1.89. The summed E-state index contributed by atoms with van der Waals surface area (Å²) in [6, 6.07) is 1.45. The van der Waals surface area contributed by atoms with E-state index < -0.39 is 99.3 Å². The summed E-state index contributed by atoms with van der Waals surface area (Å²) < 4.78 is 102. The van der Waals surface area contributed by atoms with Gasteiger partial charge >= 0.3 is 17.9 Å². The van der Waals surface area contributed by atoms with E-state index >= 15 is 0 Å². The van der Waals surface area contributed by atoms with Crippen LogP contribution in [-0.2, 0) is 37.1 Å². The molecule has 3 saturated carbocycles. The molecule has 18 heteroatoms. The van der Waals surface area contributed by atoms with Crippen molar-refractivity contribution in [1.29, 1.82) is 0 Å². The summed E-state index contributed by atoms with van der Waals surface area (Å²) in [5.41, 5.74) is -2.13. The molecule has 0 bridgehead atoms. The van der Waals surface area contributed by atoms with Gasteiger partial charge in [-0.25, -0.2) is 30.7 Å². The van der Waals surface area contributed by atoms with Gasteiger partial charge in [0.05, 0.1) is 28.9 Å². The lowest BCUT2D eigenvalue weighted by Gasteiger charge is -2.09. The van der Waals surface area contributed by atoms with Gasteiger partial charge in [-0.2, -0.15) is 0 Å². The summed E-state index contributed by atoms with van der Waals surface area (Å²) in [4.78, 5) is 33.8. The first kappa shape index (κ1) is 43.7. The zero-order valence-electron chi connectivity index (χ0n) is 27.5. The molecular weight excluding hydrogens is 815 g/mol. The topological polar surface area (TPSA) is 89.9 Å². The minimum absolute atomic E-state index is 0.0278. The Morgan fingerprint density at radius 3 is 1.63 bits per heavy atom. The van der Waals surface area contributed by atoms with Crippen LogP contribution in [0.3, 0.4) is 0 Å². The fraction of sp³-hybridized carbons (Fsp3) is 0.441. The quantitative estimate of drug-likeness (QED) is 0.117. The molecule has 4 atom stereocenters. The lowest BCUT2D eigenvalue weighted by Crippen LogP contribution is -2.12. The Balaban J connectivity index is 0.000000219. The zero-order chi connectivity index (χ0) is 39.6. The summed E-state index contributed by atoms with van der Waals surface area (Å²) >= 11 is 27.2. The van der Waals surface area contributed by atoms with Gasteiger partial charge in [0.2, 0.25) is 0 Å². The molecule has 1 N–H and O–H groups in total. The van der Waals surface area contributed by atoms with Crippen LogP contribution in [0.25, 0.3) is 0 Å². The molecule has 2 aromatic carbocycles. The molecule has 0 aliphatic heterocycles. The highest BCUT2D eigenvalue weighted by molar-refractivity contribution is 6.56. The van der Waals surface area contributed by atoms with Crippen molar-refractivity contribution in [2.75, 3.05) is 0 Å². The highest BCUT2D eigenvalue weighted by Gasteiger charge is 2.62. The number of carboxylic acids is 1. The van der Waals surface area contributed by atoms with E-state index in [2.05, 4.69) is 4.74 Å². The summed E-state index contributed by atoms with van der Waals surface area (Å²) in [6.07, 6.45) is 4.44. The number of carbonyl (C=O) groups is 3. The van der Waals surface area contributed by atoms with E-state index in [4.69, 9.17) is 67.8 Å². The SMILES string of the molecule is CC1(C)C(C=C(Cl)Cl)C1C(=O)O.CC1(C)C(C=C(Cl)Cl)C1C(=O)OCc1c(F)ccc(F)c1F.O=C(OCc1c(F)c(F)c(F)c(Cl)c1F)C1CC1. The van der Waals surface area contributed by atoms with Crippen molar-refractivity contribution in [2.45, 2.75) is 53.8 Å². The van der Waals surface area contributed by atoms with Gasteiger partial charge in [0, 0.05) is 0 Å². The molecule has 6 nitrogen and oxygen atoms in total. The molecular formula is C34H30Cl5F7O6. The number of esters is 2. The number of rotatable bonds is 9. The van der Waals surface area contributed by atoms with Crippen molar-refractivity contribution in [2.24, 2.45) is 40.4 Å². The number of benzene rings is 2. The predicted octanol–water partition coefficient (Wildman–Crippen LogP) is 10.8. The Morgan fingerprint density at radius 1 is 0.692 bits per heavy atom. The van der Waals surface area contributed by atoms with E-state index in [1.54, 1.807) is 6.08 Å². The van der Waals surface area contributed by atoms with E-state index in [1.807, 2.05) is 27.7 Å². The first-order valence-electron chi connectivity index (χ1n) is 15.2. The summed E-state index contributed by atoms with van der Waals surface area (Å²) in [5, 5.41) is 7.60. The Kier molecular flexibility index (Phi) is 14.4. The van der Waals surface area contributed by atoms with Gasteiger partial charge in [-0.05, 0) is 59.8 Å². The molecule has 4 unspecified atom stereocenters. The van der Waals surface area contributed by atoms with Crippen LogP contribution in [0.5, 0.6) is 0 Å². The molecule has 0 amide bonds. The minimum Gasteiger partial charge on any atom is -0.481 e. The smallest absolute Gasteiger partial charge is 0.310 e. The van der Waals surface area contributed by atoms with Gasteiger partial charge in [-0.1, -0.05) is 85.7 Å². The van der Waals surface area contributed by atoms with Gasteiger partial charge in [0.25, 0.3) is 0 Å². The number of carboxylic acid groups (broad SMARTS) is 1. The average molecular weight is 845 g/mol. The number of allylic oxidation sites excluding steroid dienone is 2. The Hall–Kier alpha value is -2.71. The third-order valence-corrected chi connectivity index (χ3v) is 9.86. The third-order valence-electron chi connectivity index (χ3n) is 9.02. The van der Waals surface area contributed by atoms with Gasteiger partial charge < -0.3 is 14.6 Å². The van der Waals surface area contributed by atoms with Gasteiger partial charge in [-0.15, -0.1) is 0 Å². The van der Waals surface area contributed by atoms with Crippen LogP contribution in [0.4, 0.5) is 30.7 Å². The highest BCUT2D eigenvalue weighted by atomic mass is 35.5. The van der Waals surface area contributed by atoms with Crippen LogP contribution < -0.4 is 0 Å². The summed E-state index contributed by atoms with van der Waals surface area (Å²) in [5.74, 6) is -13.8. The van der Waals surface area contributed by atoms with Crippen molar-refractivity contribution in [3.8, 4) is 0 Å². The van der Waals surface area contributed by atoms with E-state index in [0.29, 0.717) is 18.9 Å². The van der Waals surface area contributed by atoms with Crippen molar-refractivity contribution >= 4 is 75.9 Å². The molecule has 3 fully saturated rings. The molecule has 0 spiro atoms. The Labute approximate surface area is 318 Å². The molecule has 3 aliphatic rings. The molecule has 2 aromatic rings. The molecule has 0 heterocycles. The van der Waals surface area contributed by atoms with Crippen LogP contribution in [-0.4, -0.2) is 23.0 Å². The van der Waals surface area contributed by atoms with Gasteiger partial charge in [0.1, 0.15) is 33.0 Å². The largest absolute Gasteiger partial charge is 0.481 e. The van der Waals surface area contributed by atoms with E-state index in [-0.39, 0.29) is 38.1 Å². The van der Waals surface area contributed by atoms with Crippen molar-refractivity contribution in [3.63, 3.8) is 0 Å².